The normalized spacial score (nSPS) is 27.5. The molecule has 3 heteroatoms. The summed E-state index contributed by atoms with van der Waals surface area (Å²) in [5.74, 6) is 0.679. The molecule has 1 N–H and O–H groups in total. The topological polar surface area (TPSA) is 29.1 Å². The highest BCUT2D eigenvalue weighted by Crippen LogP contribution is 2.44. The van der Waals surface area contributed by atoms with Crippen molar-refractivity contribution in [1.82, 2.24) is 5.32 Å². The van der Waals surface area contributed by atoms with Crippen molar-refractivity contribution in [2.75, 3.05) is 0 Å². The maximum Gasteiger partial charge on any atom is 0.220 e. The smallest absolute Gasteiger partial charge is 0.220 e. The zero-order valence-corrected chi connectivity index (χ0v) is 10.1. The minimum atomic E-state index is 0.201. The van der Waals surface area contributed by atoms with E-state index in [0.717, 1.165) is 6.42 Å². The highest BCUT2D eigenvalue weighted by atomic mass is 79.9. The van der Waals surface area contributed by atoms with Crippen molar-refractivity contribution < 1.29 is 4.79 Å². The number of fused-ring (bicyclic) bond motifs is 3. The quantitative estimate of drug-likeness (QED) is 0.768. The van der Waals surface area contributed by atoms with Crippen LogP contribution >= 0.6 is 15.9 Å². The number of hydrogen-bond acceptors (Lipinski definition) is 1. The van der Waals surface area contributed by atoms with Crippen LogP contribution in [0.2, 0.25) is 0 Å². The van der Waals surface area contributed by atoms with Crippen molar-refractivity contribution in [3.05, 3.63) is 33.3 Å². The van der Waals surface area contributed by atoms with Gasteiger partial charge >= 0.3 is 0 Å². The summed E-state index contributed by atoms with van der Waals surface area (Å²) in [6.07, 6.45) is 1.71. The molecule has 1 aliphatic heterocycles. The van der Waals surface area contributed by atoms with E-state index in [-0.39, 0.29) is 11.9 Å². The van der Waals surface area contributed by atoms with Crippen molar-refractivity contribution >= 4 is 21.8 Å². The van der Waals surface area contributed by atoms with Gasteiger partial charge in [-0.25, -0.2) is 0 Å². The summed E-state index contributed by atoms with van der Waals surface area (Å²) in [6, 6.07) is 4.55. The lowest BCUT2D eigenvalue weighted by Gasteiger charge is -2.11. The molecule has 0 aromatic heterocycles. The SMILES string of the molecule is Cc1ccc2c(c1Br)CC1CC(=O)NC21. The predicted molar refractivity (Wildman–Crippen MR) is 61.6 cm³/mol. The van der Waals surface area contributed by atoms with E-state index in [4.69, 9.17) is 0 Å². The molecular formula is C12H12BrNO. The Morgan fingerprint density at radius 3 is 3.00 bits per heavy atom. The molecule has 1 aliphatic carbocycles. The number of benzene rings is 1. The number of amides is 1. The molecule has 2 atom stereocenters. The lowest BCUT2D eigenvalue weighted by Crippen LogP contribution is -2.18. The van der Waals surface area contributed by atoms with E-state index in [1.54, 1.807) is 0 Å². The number of hydrogen-bond donors (Lipinski definition) is 1. The standard InChI is InChI=1S/C12H12BrNO/c1-6-2-3-8-9(11(6)13)4-7-5-10(15)14-12(7)8/h2-3,7,12H,4-5H2,1H3,(H,14,15). The second-order valence-corrected chi connectivity index (χ2v) is 5.27. The van der Waals surface area contributed by atoms with Gasteiger partial charge in [-0.15, -0.1) is 0 Å². The molecule has 0 bridgehead atoms. The molecule has 1 amide bonds. The van der Waals surface area contributed by atoms with Crippen molar-refractivity contribution in [3.8, 4) is 0 Å². The number of halogens is 1. The van der Waals surface area contributed by atoms with Gasteiger partial charge < -0.3 is 5.32 Å². The Morgan fingerprint density at radius 2 is 2.20 bits per heavy atom. The van der Waals surface area contributed by atoms with E-state index in [0.29, 0.717) is 12.3 Å². The average Bonchev–Trinajstić information content (AvgIpc) is 2.68. The van der Waals surface area contributed by atoms with E-state index in [1.165, 1.54) is 21.2 Å². The number of carbonyl (C=O) groups is 1. The van der Waals surface area contributed by atoms with Gasteiger partial charge in [0.2, 0.25) is 5.91 Å². The van der Waals surface area contributed by atoms with Crippen LogP contribution in [0.5, 0.6) is 0 Å². The van der Waals surface area contributed by atoms with Gasteiger partial charge in [-0.3, -0.25) is 4.79 Å². The van der Waals surface area contributed by atoms with Crippen molar-refractivity contribution in [2.45, 2.75) is 25.8 Å². The maximum absolute atomic E-state index is 11.3. The van der Waals surface area contributed by atoms with Gasteiger partial charge in [0, 0.05) is 10.9 Å². The fourth-order valence-electron chi connectivity index (χ4n) is 2.74. The van der Waals surface area contributed by atoms with Crippen LogP contribution in [0.3, 0.4) is 0 Å². The van der Waals surface area contributed by atoms with Crippen LogP contribution in [-0.2, 0) is 11.2 Å². The molecular weight excluding hydrogens is 254 g/mol. The van der Waals surface area contributed by atoms with Crippen molar-refractivity contribution in [3.63, 3.8) is 0 Å². The van der Waals surface area contributed by atoms with Crippen LogP contribution in [0.25, 0.3) is 0 Å². The Balaban J connectivity index is 2.11. The summed E-state index contributed by atoms with van der Waals surface area (Å²) < 4.78 is 1.23. The number of nitrogens with one attached hydrogen (secondary N) is 1. The molecule has 2 aliphatic rings. The van der Waals surface area contributed by atoms with E-state index in [2.05, 4.69) is 40.3 Å². The number of aryl methyl sites for hydroxylation is 1. The molecule has 0 saturated carbocycles. The van der Waals surface area contributed by atoms with E-state index >= 15 is 0 Å². The molecule has 0 radical (unpaired) electrons. The Hall–Kier alpha value is -0.830. The second-order valence-electron chi connectivity index (χ2n) is 4.48. The van der Waals surface area contributed by atoms with Gasteiger partial charge in [0.15, 0.2) is 0 Å². The minimum Gasteiger partial charge on any atom is -0.349 e. The summed E-state index contributed by atoms with van der Waals surface area (Å²) in [5.41, 5.74) is 3.98. The van der Waals surface area contributed by atoms with Crippen molar-refractivity contribution in [1.29, 1.82) is 0 Å². The van der Waals surface area contributed by atoms with E-state index < -0.39 is 0 Å². The third-order valence-electron chi connectivity index (χ3n) is 3.51. The number of carbonyl (C=O) groups excluding carboxylic acids is 1. The second kappa shape index (κ2) is 3.08. The van der Waals surface area contributed by atoms with Gasteiger partial charge in [-0.1, -0.05) is 28.1 Å². The lowest BCUT2D eigenvalue weighted by atomic mass is 10.0. The van der Waals surface area contributed by atoms with Gasteiger partial charge in [0.1, 0.15) is 0 Å². The van der Waals surface area contributed by atoms with Crippen LogP contribution in [0.1, 0.15) is 29.2 Å². The first kappa shape index (κ1) is 9.40. The lowest BCUT2D eigenvalue weighted by molar-refractivity contribution is -0.119. The summed E-state index contributed by atoms with van der Waals surface area (Å²) in [4.78, 5) is 11.3. The van der Waals surface area contributed by atoms with Gasteiger partial charge in [-0.05, 0) is 36.0 Å². The fourth-order valence-corrected chi connectivity index (χ4v) is 3.27. The Bertz CT molecular complexity index is 455. The first-order valence-electron chi connectivity index (χ1n) is 5.24. The Labute approximate surface area is 97.2 Å². The zero-order valence-electron chi connectivity index (χ0n) is 8.51. The Kier molecular flexibility index (Phi) is 1.93. The minimum absolute atomic E-state index is 0.201. The van der Waals surface area contributed by atoms with Gasteiger partial charge in [0.05, 0.1) is 6.04 Å². The molecule has 1 saturated heterocycles. The predicted octanol–water partition coefficient (Wildman–Crippen LogP) is 2.49. The maximum atomic E-state index is 11.3. The van der Waals surface area contributed by atoms with Crippen LogP contribution < -0.4 is 5.32 Å². The first-order valence-corrected chi connectivity index (χ1v) is 6.03. The summed E-state index contributed by atoms with van der Waals surface area (Å²) in [6.45, 7) is 2.11. The van der Waals surface area contributed by atoms with Crippen LogP contribution in [0, 0.1) is 12.8 Å². The molecule has 1 aromatic carbocycles. The fraction of sp³-hybridized carbons (Fsp3) is 0.417. The third kappa shape index (κ3) is 1.26. The molecule has 15 heavy (non-hydrogen) atoms. The molecule has 1 heterocycles. The molecule has 3 rings (SSSR count). The van der Waals surface area contributed by atoms with Crippen LogP contribution in [0.15, 0.2) is 16.6 Å². The number of rotatable bonds is 0. The summed E-state index contributed by atoms with van der Waals surface area (Å²) in [5, 5.41) is 3.06. The zero-order chi connectivity index (χ0) is 10.6. The highest BCUT2D eigenvalue weighted by Gasteiger charge is 2.40. The molecule has 1 fully saturated rings. The Morgan fingerprint density at radius 1 is 1.40 bits per heavy atom. The average molecular weight is 266 g/mol. The third-order valence-corrected chi connectivity index (χ3v) is 4.61. The molecule has 78 valence electrons. The van der Waals surface area contributed by atoms with Crippen LogP contribution in [-0.4, -0.2) is 5.91 Å². The molecule has 2 unspecified atom stereocenters. The highest BCUT2D eigenvalue weighted by molar-refractivity contribution is 9.10. The van der Waals surface area contributed by atoms with Crippen molar-refractivity contribution in [2.24, 2.45) is 5.92 Å². The first-order chi connectivity index (χ1) is 7.16. The van der Waals surface area contributed by atoms with E-state index in [1.807, 2.05) is 0 Å². The monoisotopic (exact) mass is 265 g/mol. The van der Waals surface area contributed by atoms with Gasteiger partial charge in [-0.2, -0.15) is 0 Å². The summed E-state index contributed by atoms with van der Waals surface area (Å²) >= 11 is 3.64. The molecule has 0 spiro atoms. The summed E-state index contributed by atoms with van der Waals surface area (Å²) in [7, 11) is 0. The largest absolute Gasteiger partial charge is 0.349 e. The molecule has 2 nitrogen and oxygen atoms in total. The van der Waals surface area contributed by atoms with Gasteiger partial charge in [0.25, 0.3) is 0 Å². The van der Waals surface area contributed by atoms with Crippen LogP contribution in [0.4, 0.5) is 0 Å². The van der Waals surface area contributed by atoms with E-state index in [9.17, 15) is 4.79 Å². The molecule has 1 aromatic rings.